The fourth-order valence-corrected chi connectivity index (χ4v) is 1.29. The summed E-state index contributed by atoms with van der Waals surface area (Å²) in [7, 11) is 0. The standard InChI is InChI=1S/C10H11FOS/c11-9-5-8(13)3-4-10(9)12-6-7-1-2-7/h3-5,7,13H,1-2,6H2. The molecule has 1 fully saturated rings. The fourth-order valence-electron chi connectivity index (χ4n) is 1.10. The summed E-state index contributed by atoms with van der Waals surface area (Å²) >= 11 is 4.03. The van der Waals surface area contributed by atoms with Crippen molar-refractivity contribution in [1.29, 1.82) is 0 Å². The zero-order valence-electron chi connectivity index (χ0n) is 7.16. The number of hydrogen-bond donors (Lipinski definition) is 1. The maximum absolute atomic E-state index is 13.1. The van der Waals surface area contributed by atoms with Crippen LogP contribution in [0.2, 0.25) is 0 Å². The van der Waals surface area contributed by atoms with E-state index in [1.165, 1.54) is 18.9 Å². The van der Waals surface area contributed by atoms with E-state index in [-0.39, 0.29) is 5.82 Å². The van der Waals surface area contributed by atoms with E-state index in [0.717, 1.165) is 0 Å². The molecule has 0 aromatic heterocycles. The Balaban J connectivity index is 2.01. The van der Waals surface area contributed by atoms with Gasteiger partial charge in [0, 0.05) is 4.90 Å². The van der Waals surface area contributed by atoms with Gasteiger partial charge in [-0.15, -0.1) is 12.6 Å². The first kappa shape index (κ1) is 8.88. The smallest absolute Gasteiger partial charge is 0.166 e. The van der Waals surface area contributed by atoms with E-state index in [1.54, 1.807) is 12.1 Å². The molecule has 0 aliphatic heterocycles. The maximum Gasteiger partial charge on any atom is 0.166 e. The molecule has 1 aromatic carbocycles. The summed E-state index contributed by atoms with van der Waals surface area (Å²) < 4.78 is 18.5. The number of halogens is 1. The highest BCUT2D eigenvalue weighted by Gasteiger charge is 2.22. The van der Waals surface area contributed by atoms with E-state index < -0.39 is 0 Å². The van der Waals surface area contributed by atoms with Gasteiger partial charge in [0.15, 0.2) is 11.6 Å². The molecule has 1 aliphatic carbocycles. The molecule has 0 amide bonds. The van der Waals surface area contributed by atoms with Crippen molar-refractivity contribution < 1.29 is 9.13 Å². The first-order valence-electron chi connectivity index (χ1n) is 4.37. The monoisotopic (exact) mass is 198 g/mol. The number of hydrogen-bond acceptors (Lipinski definition) is 2. The molecule has 1 aliphatic rings. The first-order valence-corrected chi connectivity index (χ1v) is 4.82. The van der Waals surface area contributed by atoms with Crippen LogP contribution in [-0.4, -0.2) is 6.61 Å². The molecule has 0 N–H and O–H groups in total. The lowest BCUT2D eigenvalue weighted by molar-refractivity contribution is 0.285. The van der Waals surface area contributed by atoms with Crippen LogP contribution >= 0.6 is 12.6 Å². The second kappa shape index (κ2) is 3.58. The highest BCUT2D eigenvalue weighted by molar-refractivity contribution is 7.80. The number of ether oxygens (including phenoxy) is 1. The Bertz CT molecular complexity index is 310. The topological polar surface area (TPSA) is 9.23 Å². The van der Waals surface area contributed by atoms with Gasteiger partial charge in [0.1, 0.15) is 0 Å². The van der Waals surface area contributed by atoms with Gasteiger partial charge in [-0.3, -0.25) is 0 Å². The Kier molecular flexibility index (Phi) is 2.44. The lowest BCUT2D eigenvalue weighted by Crippen LogP contribution is -2.00. The molecule has 70 valence electrons. The second-order valence-electron chi connectivity index (χ2n) is 3.37. The molecular formula is C10H11FOS. The zero-order chi connectivity index (χ0) is 9.26. The van der Waals surface area contributed by atoms with Crippen LogP contribution in [0, 0.1) is 11.7 Å². The Morgan fingerprint density at radius 2 is 2.23 bits per heavy atom. The van der Waals surface area contributed by atoms with E-state index in [1.807, 2.05) is 0 Å². The first-order chi connectivity index (χ1) is 6.25. The summed E-state index contributed by atoms with van der Waals surface area (Å²) in [5, 5.41) is 0. The normalized spacial score (nSPS) is 15.8. The van der Waals surface area contributed by atoms with Crippen LogP contribution in [0.25, 0.3) is 0 Å². The van der Waals surface area contributed by atoms with Gasteiger partial charge in [-0.2, -0.15) is 0 Å². The molecule has 0 heterocycles. The van der Waals surface area contributed by atoms with Gasteiger partial charge in [0.05, 0.1) is 6.61 Å². The molecule has 1 nitrogen and oxygen atoms in total. The minimum Gasteiger partial charge on any atom is -0.490 e. The van der Waals surface area contributed by atoms with Crippen LogP contribution in [-0.2, 0) is 0 Å². The lowest BCUT2D eigenvalue weighted by Gasteiger charge is -2.05. The molecule has 1 aromatic rings. The van der Waals surface area contributed by atoms with Gasteiger partial charge in [-0.05, 0) is 37.0 Å². The molecule has 3 heteroatoms. The number of benzene rings is 1. The predicted molar refractivity (Wildman–Crippen MR) is 51.9 cm³/mol. The van der Waals surface area contributed by atoms with Crippen molar-refractivity contribution in [3.63, 3.8) is 0 Å². The summed E-state index contributed by atoms with van der Waals surface area (Å²) in [5.74, 6) is 0.660. The van der Waals surface area contributed by atoms with Crippen LogP contribution < -0.4 is 4.74 Å². The Hall–Kier alpha value is -0.700. The highest BCUT2D eigenvalue weighted by Crippen LogP contribution is 2.30. The summed E-state index contributed by atoms with van der Waals surface area (Å²) in [6, 6.07) is 4.72. The minimum absolute atomic E-state index is 0.326. The molecule has 13 heavy (non-hydrogen) atoms. The lowest BCUT2D eigenvalue weighted by atomic mass is 10.3. The molecule has 0 atom stereocenters. The van der Waals surface area contributed by atoms with Gasteiger partial charge in [0.2, 0.25) is 0 Å². The molecule has 0 spiro atoms. The fraction of sp³-hybridized carbons (Fsp3) is 0.400. The van der Waals surface area contributed by atoms with Crippen molar-refractivity contribution in [2.24, 2.45) is 5.92 Å². The van der Waals surface area contributed by atoms with E-state index in [9.17, 15) is 4.39 Å². The van der Waals surface area contributed by atoms with Crippen molar-refractivity contribution in [3.05, 3.63) is 24.0 Å². The highest BCUT2D eigenvalue weighted by atomic mass is 32.1. The van der Waals surface area contributed by atoms with E-state index in [2.05, 4.69) is 12.6 Å². The molecule has 0 saturated heterocycles. The van der Waals surface area contributed by atoms with Crippen molar-refractivity contribution in [2.75, 3.05) is 6.61 Å². The van der Waals surface area contributed by atoms with Crippen molar-refractivity contribution in [1.82, 2.24) is 0 Å². The zero-order valence-corrected chi connectivity index (χ0v) is 8.06. The SMILES string of the molecule is Fc1cc(S)ccc1OCC1CC1. The molecule has 1 saturated carbocycles. The van der Waals surface area contributed by atoms with Crippen LogP contribution in [0.4, 0.5) is 4.39 Å². The Labute approximate surface area is 82.3 Å². The van der Waals surface area contributed by atoms with Gasteiger partial charge < -0.3 is 4.74 Å². The van der Waals surface area contributed by atoms with Crippen LogP contribution in [0.3, 0.4) is 0 Å². The van der Waals surface area contributed by atoms with E-state index in [0.29, 0.717) is 23.2 Å². The van der Waals surface area contributed by atoms with E-state index >= 15 is 0 Å². The second-order valence-corrected chi connectivity index (χ2v) is 3.89. The maximum atomic E-state index is 13.1. The average Bonchev–Trinajstić information content (AvgIpc) is 2.86. The van der Waals surface area contributed by atoms with Crippen molar-refractivity contribution in [2.45, 2.75) is 17.7 Å². The van der Waals surface area contributed by atoms with Gasteiger partial charge >= 0.3 is 0 Å². The molecule has 0 bridgehead atoms. The predicted octanol–water partition coefficient (Wildman–Crippen LogP) is 2.90. The summed E-state index contributed by atoms with van der Waals surface area (Å²) in [4.78, 5) is 0.622. The summed E-state index contributed by atoms with van der Waals surface area (Å²) in [6.45, 7) is 0.642. The van der Waals surface area contributed by atoms with Crippen molar-refractivity contribution >= 4 is 12.6 Å². The quantitative estimate of drug-likeness (QED) is 0.735. The van der Waals surface area contributed by atoms with Gasteiger partial charge in [-0.25, -0.2) is 4.39 Å². The van der Waals surface area contributed by atoms with Crippen LogP contribution in [0.5, 0.6) is 5.75 Å². The number of thiol groups is 1. The van der Waals surface area contributed by atoms with Crippen LogP contribution in [0.1, 0.15) is 12.8 Å². The largest absolute Gasteiger partial charge is 0.490 e. The third-order valence-corrected chi connectivity index (χ3v) is 2.37. The van der Waals surface area contributed by atoms with E-state index in [4.69, 9.17) is 4.74 Å². The summed E-state index contributed by atoms with van der Waals surface area (Å²) in [5.41, 5.74) is 0. The Morgan fingerprint density at radius 1 is 1.46 bits per heavy atom. The molecule has 2 rings (SSSR count). The molecule has 0 unspecified atom stereocenters. The average molecular weight is 198 g/mol. The Morgan fingerprint density at radius 3 is 2.85 bits per heavy atom. The number of rotatable bonds is 3. The van der Waals surface area contributed by atoms with Gasteiger partial charge in [-0.1, -0.05) is 0 Å². The molecule has 0 radical (unpaired) electrons. The van der Waals surface area contributed by atoms with Gasteiger partial charge in [0.25, 0.3) is 0 Å². The third-order valence-electron chi connectivity index (χ3n) is 2.09. The van der Waals surface area contributed by atoms with Crippen LogP contribution in [0.15, 0.2) is 23.1 Å². The summed E-state index contributed by atoms with van der Waals surface area (Å²) in [6.07, 6.45) is 2.43. The third kappa shape index (κ3) is 2.37. The van der Waals surface area contributed by atoms with Crippen molar-refractivity contribution in [3.8, 4) is 5.75 Å². The minimum atomic E-state index is -0.326. The molecular weight excluding hydrogens is 187 g/mol.